The second-order valence-corrected chi connectivity index (χ2v) is 9.92. The van der Waals surface area contributed by atoms with Crippen LogP contribution in [0.15, 0.2) is 54.9 Å². The monoisotopic (exact) mass is 523 g/mol. The van der Waals surface area contributed by atoms with Crippen LogP contribution in [0.2, 0.25) is 0 Å². The SMILES string of the molecule is CC1(C)C(=O)Nc2cc(Nc3nc4c(OC5CN[C@@H](c6ccccc6C(F)(F)F)C5)nccn4n3)ccc21. The Hall–Kier alpha value is -4.19. The normalized spacial score (nSPS) is 20.4. The molecule has 12 heteroatoms. The fourth-order valence-electron chi connectivity index (χ4n) is 4.98. The Bertz CT molecular complexity index is 1550. The molecule has 196 valence electrons. The van der Waals surface area contributed by atoms with Gasteiger partial charge in [0.05, 0.1) is 11.0 Å². The molecule has 2 aromatic carbocycles. The minimum Gasteiger partial charge on any atom is -0.470 e. The number of benzene rings is 2. The quantitative estimate of drug-likeness (QED) is 0.351. The molecule has 4 heterocycles. The minimum absolute atomic E-state index is 0.0612. The summed E-state index contributed by atoms with van der Waals surface area (Å²) >= 11 is 0. The molecule has 2 aromatic heterocycles. The van der Waals surface area contributed by atoms with Crippen molar-refractivity contribution in [3.63, 3.8) is 0 Å². The third kappa shape index (κ3) is 4.20. The first-order valence-electron chi connectivity index (χ1n) is 12.1. The van der Waals surface area contributed by atoms with Gasteiger partial charge >= 0.3 is 6.18 Å². The van der Waals surface area contributed by atoms with Crippen LogP contribution in [-0.2, 0) is 16.4 Å². The fraction of sp³-hybridized carbons (Fsp3) is 0.308. The Morgan fingerprint density at radius 1 is 1.18 bits per heavy atom. The summed E-state index contributed by atoms with van der Waals surface area (Å²) in [6, 6.07) is 10.6. The Kier molecular flexibility index (Phi) is 5.53. The minimum atomic E-state index is -4.43. The number of alkyl halides is 3. The van der Waals surface area contributed by atoms with Crippen molar-refractivity contribution in [3.8, 4) is 5.88 Å². The molecule has 3 N–H and O–H groups in total. The van der Waals surface area contributed by atoms with Crippen LogP contribution >= 0.6 is 0 Å². The summed E-state index contributed by atoms with van der Waals surface area (Å²) in [7, 11) is 0. The second kappa shape index (κ2) is 8.69. The third-order valence-electron chi connectivity index (χ3n) is 7.00. The lowest BCUT2D eigenvalue weighted by atomic mass is 9.86. The number of nitrogens with one attached hydrogen (secondary N) is 3. The summed E-state index contributed by atoms with van der Waals surface area (Å²) in [5.41, 5.74) is 1.65. The molecular weight excluding hydrogens is 499 g/mol. The van der Waals surface area contributed by atoms with Crippen molar-refractivity contribution in [2.45, 2.75) is 44.0 Å². The fourth-order valence-corrected chi connectivity index (χ4v) is 4.98. The highest BCUT2D eigenvalue weighted by atomic mass is 19.4. The second-order valence-electron chi connectivity index (χ2n) is 9.92. The lowest BCUT2D eigenvalue weighted by molar-refractivity contribution is -0.138. The lowest BCUT2D eigenvalue weighted by Gasteiger charge is -2.18. The van der Waals surface area contributed by atoms with Gasteiger partial charge in [-0.3, -0.25) is 4.79 Å². The molecule has 0 aliphatic carbocycles. The molecule has 38 heavy (non-hydrogen) atoms. The zero-order valence-electron chi connectivity index (χ0n) is 20.5. The zero-order valence-corrected chi connectivity index (χ0v) is 20.5. The van der Waals surface area contributed by atoms with Gasteiger partial charge in [0.2, 0.25) is 17.5 Å². The number of anilines is 3. The van der Waals surface area contributed by atoms with Gasteiger partial charge in [-0.1, -0.05) is 24.3 Å². The molecule has 1 amide bonds. The van der Waals surface area contributed by atoms with Crippen molar-refractivity contribution >= 4 is 28.9 Å². The first-order chi connectivity index (χ1) is 18.1. The van der Waals surface area contributed by atoms with E-state index >= 15 is 0 Å². The number of carbonyl (C=O) groups is 1. The lowest BCUT2D eigenvalue weighted by Crippen LogP contribution is -2.26. The number of hydrogen-bond acceptors (Lipinski definition) is 7. The van der Waals surface area contributed by atoms with Crippen molar-refractivity contribution < 1.29 is 22.7 Å². The smallest absolute Gasteiger partial charge is 0.416 e. The van der Waals surface area contributed by atoms with Gasteiger partial charge in [0.1, 0.15) is 6.10 Å². The van der Waals surface area contributed by atoms with Crippen molar-refractivity contribution in [2.75, 3.05) is 17.2 Å². The maximum Gasteiger partial charge on any atom is 0.416 e. The third-order valence-corrected chi connectivity index (χ3v) is 7.00. The molecule has 1 unspecified atom stereocenters. The molecule has 0 bridgehead atoms. The standard InChI is InChI=1S/C26H24F3N7O2/c1-25(2)18-8-7-14(11-20(18)33-23(25)37)32-24-34-21-22(30-9-10-36(21)35-24)38-15-12-19(31-13-15)16-5-3-4-6-17(16)26(27,28)29/h3-11,15,19,31H,12-13H2,1-2H3,(H,32,35)(H,33,37)/t15?,19-/m1/s1. The first kappa shape index (κ1) is 24.2. The number of nitrogens with zero attached hydrogens (tertiary/aromatic N) is 4. The Morgan fingerprint density at radius 3 is 2.82 bits per heavy atom. The number of fused-ring (bicyclic) bond motifs is 2. The number of carbonyl (C=O) groups excluding carboxylic acids is 1. The van der Waals surface area contributed by atoms with Crippen molar-refractivity contribution in [1.29, 1.82) is 0 Å². The Morgan fingerprint density at radius 2 is 2.00 bits per heavy atom. The van der Waals surface area contributed by atoms with E-state index in [1.807, 2.05) is 32.0 Å². The molecule has 1 saturated heterocycles. The molecule has 0 spiro atoms. The van der Waals surface area contributed by atoms with Crippen LogP contribution in [0.25, 0.3) is 5.65 Å². The molecule has 4 aromatic rings. The predicted octanol–water partition coefficient (Wildman–Crippen LogP) is 4.60. The van der Waals surface area contributed by atoms with E-state index < -0.39 is 29.3 Å². The number of aromatic nitrogens is 4. The van der Waals surface area contributed by atoms with Gasteiger partial charge in [-0.05, 0) is 43.2 Å². The van der Waals surface area contributed by atoms with E-state index in [0.717, 1.165) is 17.3 Å². The van der Waals surface area contributed by atoms with Gasteiger partial charge in [-0.25, -0.2) is 9.50 Å². The molecular formula is C26H24F3N7O2. The number of amides is 1. The summed E-state index contributed by atoms with van der Waals surface area (Å²) in [5, 5.41) is 13.6. The van der Waals surface area contributed by atoms with E-state index in [0.29, 0.717) is 30.2 Å². The van der Waals surface area contributed by atoms with E-state index in [1.165, 1.54) is 22.8 Å². The maximum atomic E-state index is 13.5. The molecule has 2 aliphatic rings. The Labute approximate surface area is 215 Å². The Balaban J connectivity index is 1.19. The van der Waals surface area contributed by atoms with Crippen LogP contribution in [-0.4, -0.2) is 38.1 Å². The van der Waals surface area contributed by atoms with Crippen molar-refractivity contribution in [2.24, 2.45) is 0 Å². The predicted molar refractivity (Wildman–Crippen MR) is 133 cm³/mol. The van der Waals surface area contributed by atoms with Gasteiger partial charge in [-0.2, -0.15) is 18.2 Å². The molecule has 9 nitrogen and oxygen atoms in total. The van der Waals surface area contributed by atoms with Crippen molar-refractivity contribution in [1.82, 2.24) is 24.9 Å². The van der Waals surface area contributed by atoms with Gasteiger partial charge in [-0.15, -0.1) is 5.10 Å². The topological polar surface area (TPSA) is 105 Å². The van der Waals surface area contributed by atoms with E-state index in [-0.39, 0.29) is 17.4 Å². The summed E-state index contributed by atoms with van der Waals surface area (Å²) in [6.45, 7) is 4.10. The van der Waals surface area contributed by atoms with Gasteiger partial charge in [0.15, 0.2) is 0 Å². The van der Waals surface area contributed by atoms with E-state index in [4.69, 9.17) is 4.74 Å². The van der Waals surface area contributed by atoms with Gasteiger partial charge in [0.25, 0.3) is 5.88 Å². The van der Waals surface area contributed by atoms with Crippen LogP contribution in [0.3, 0.4) is 0 Å². The number of ether oxygens (including phenoxy) is 1. The molecule has 2 atom stereocenters. The summed E-state index contributed by atoms with van der Waals surface area (Å²) in [6.07, 6.45) is -1.35. The highest BCUT2D eigenvalue weighted by molar-refractivity contribution is 6.06. The summed E-state index contributed by atoms with van der Waals surface area (Å²) < 4.78 is 48.0. The van der Waals surface area contributed by atoms with Crippen LogP contribution < -0.4 is 20.7 Å². The van der Waals surface area contributed by atoms with Gasteiger partial charge in [0, 0.05) is 42.8 Å². The highest BCUT2D eigenvalue weighted by Crippen LogP contribution is 2.39. The number of hydrogen-bond donors (Lipinski definition) is 3. The average Bonchev–Trinajstić information content (AvgIpc) is 3.55. The highest BCUT2D eigenvalue weighted by Gasteiger charge is 2.39. The first-order valence-corrected chi connectivity index (χ1v) is 12.1. The largest absolute Gasteiger partial charge is 0.470 e. The number of halogens is 3. The van der Waals surface area contributed by atoms with E-state index in [2.05, 4.69) is 31.0 Å². The van der Waals surface area contributed by atoms with E-state index in [9.17, 15) is 18.0 Å². The summed E-state index contributed by atoms with van der Waals surface area (Å²) in [5.74, 6) is 0.467. The average molecular weight is 524 g/mol. The van der Waals surface area contributed by atoms with E-state index in [1.54, 1.807) is 12.3 Å². The molecule has 0 radical (unpaired) electrons. The molecule has 2 aliphatic heterocycles. The molecule has 1 fully saturated rings. The van der Waals surface area contributed by atoms with Crippen LogP contribution in [0.5, 0.6) is 5.88 Å². The zero-order chi connectivity index (χ0) is 26.7. The van der Waals surface area contributed by atoms with Crippen LogP contribution in [0.1, 0.15) is 43.0 Å². The molecule has 6 rings (SSSR count). The molecule has 0 saturated carbocycles. The maximum absolute atomic E-state index is 13.5. The van der Waals surface area contributed by atoms with Gasteiger partial charge < -0.3 is 20.7 Å². The van der Waals surface area contributed by atoms with Crippen LogP contribution in [0, 0.1) is 0 Å². The number of rotatable bonds is 5. The van der Waals surface area contributed by atoms with Crippen molar-refractivity contribution in [3.05, 3.63) is 71.5 Å². The summed E-state index contributed by atoms with van der Waals surface area (Å²) in [4.78, 5) is 21.0. The van der Waals surface area contributed by atoms with Crippen LogP contribution in [0.4, 0.5) is 30.5 Å².